The molecule has 0 aliphatic rings. The quantitative estimate of drug-likeness (QED) is 0.376. The molecule has 0 radical (unpaired) electrons. The van der Waals surface area contributed by atoms with E-state index in [1.54, 1.807) is 30.5 Å². The van der Waals surface area contributed by atoms with Crippen molar-refractivity contribution in [3.8, 4) is 0 Å². The number of benzene rings is 1. The lowest BCUT2D eigenvalue weighted by atomic mass is 10.3. The number of carbonyl (C=O) groups is 2. The molecule has 11 nitrogen and oxygen atoms in total. The van der Waals surface area contributed by atoms with Gasteiger partial charge in [-0.15, -0.1) is 5.10 Å². The fourth-order valence-corrected chi connectivity index (χ4v) is 3.88. The van der Waals surface area contributed by atoms with Crippen LogP contribution in [0.3, 0.4) is 0 Å². The molecule has 0 aliphatic carbocycles. The Hall–Kier alpha value is -3.51. The topological polar surface area (TPSA) is 148 Å². The smallest absolute Gasteiger partial charge is 0.287 e. The Morgan fingerprint density at radius 2 is 1.88 bits per heavy atom. The molecule has 0 unspecified atom stereocenters. The van der Waals surface area contributed by atoms with E-state index in [1.807, 2.05) is 13.8 Å². The molecule has 0 saturated heterocycles. The van der Waals surface area contributed by atoms with Gasteiger partial charge in [0, 0.05) is 19.0 Å². The maximum Gasteiger partial charge on any atom is 0.287 e. The SMILES string of the molecule is CC(C)NC(=O)CCNC(=O)c1ccc(Cn2cc(CNS(=O)(=O)c3ccccc3)nn2)o1. The molecule has 0 fully saturated rings. The second-order valence-corrected chi connectivity index (χ2v) is 9.31. The van der Waals surface area contributed by atoms with Crippen LogP contribution in [0.2, 0.25) is 0 Å². The third kappa shape index (κ3) is 7.26. The molecule has 0 aliphatic heterocycles. The van der Waals surface area contributed by atoms with E-state index in [1.165, 1.54) is 22.9 Å². The maximum atomic E-state index is 12.3. The van der Waals surface area contributed by atoms with E-state index in [9.17, 15) is 18.0 Å². The van der Waals surface area contributed by atoms with Gasteiger partial charge in [0.2, 0.25) is 15.9 Å². The normalized spacial score (nSPS) is 11.5. The Kier molecular flexibility index (Phi) is 7.96. The van der Waals surface area contributed by atoms with Crippen molar-refractivity contribution in [1.29, 1.82) is 0 Å². The van der Waals surface area contributed by atoms with E-state index in [0.29, 0.717) is 11.5 Å². The van der Waals surface area contributed by atoms with E-state index in [0.717, 1.165) is 0 Å². The van der Waals surface area contributed by atoms with E-state index < -0.39 is 15.9 Å². The first-order valence-electron chi connectivity index (χ1n) is 10.3. The minimum Gasteiger partial charge on any atom is -0.454 e. The highest BCUT2D eigenvalue weighted by molar-refractivity contribution is 7.89. The molecule has 0 bridgehead atoms. The minimum absolute atomic E-state index is 0.0204. The van der Waals surface area contributed by atoms with Crippen molar-refractivity contribution in [2.45, 2.75) is 44.3 Å². The van der Waals surface area contributed by atoms with Gasteiger partial charge in [0.05, 0.1) is 23.3 Å². The predicted molar refractivity (Wildman–Crippen MR) is 119 cm³/mol. The number of nitrogens with one attached hydrogen (secondary N) is 3. The molecule has 176 valence electrons. The number of carbonyl (C=O) groups excluding carboxylic acids is 2. The van der Waals surface area contributed by atoms with Crippen LogP contribution in [0.1, 0.15) is 42.3 Å². The molecule has 2 amide bonds. The van der Waals surface area contributed by atoms with E-state index in [4.69, 9.17) is 4.42 Å². The summed E-state index contributed by atoms with van der Waals surface area (Å²) in [7, 11) is -3.65. The first-order valence-corrected chi connectivity index (χ1v) is 11.8. The molecular formula is C21H26N6O5S. The summed E-state index contributed by atoms with van der Waals surface area (Å²) in [5.74, 6) is 0.0240. The zero-order valence-corrected chi connectivity index (χ0v) is 19.1. The average molecular weight is 475 g/mol. The van der Waals surface area contributed by atoms with Gasteiger partial charge in [-0.1, -0.05) is 23.4 Å². The molecule has 0 saturated carbocycles. The number of furan rings is 1. The summed E-state index contributed by atoms with van der Waals surface area (Å²) in [5.41, 5.74) is 0.429. The molecule has 3 aromatic rings. The van der Waals surface area contributed by atoms with Crippen molar-refractivity contribution in [2.75, 3.05) is 6.54 Å². The number of aromatic nitrogens is 3. The highest BCUT2D eigenvalue weighted by Gasteiger charge is 2.15. The Morgan fingerprint density at radius 3 is 2.61 bits per heavy atom. The van der Waals surface area contributed by atoms with Crippen molar-refractivity contribution >= 4 is 21.8 Å². The summed E-state index contributed by atoms with van der Waals surface area (Å²) in [4.78, 5) is 24.0. The van der Waals surface area contributed by atoms with Gasteiger partial charge >= 0.3 is 0 Å². The second kappa shape index (κ2) is 10.9. The maximum absolute atomic E-state index is 12.3. The zero-order valence-electron chi connectivity index (χ0n) is 18.3. The van der Waals surface area contributed by atoms with Gasteiger partial charge in [-0.05, 0) is 38.1 Å². The standard InChI is InChI=1S/C21H26N6O5S/c1-15(2)24-20(28)10-11-22-21(29)19-9-8-17(32-19)14-27-13-16(25-26-27)12-23-33(30,31)18-6-4-3-5-7-18/h3-9,13,15,23H,10-12,14H2,1-2H3,(H,22,29)(H,24,28). The van der Waals surface area contributed by atoms with Crippen LogP contribution in [-0.2, 0) is 27.9 Å². The lowest BCUT2D eigenvalue weighted by Gasteiger charge is -2.08. The first-order chi connectivity index (χ1) is 15.7. The predicted octanol–water partition coefficient (Wildman–Crippen LogP) is 1.04. The third-order valence-electron chi connectivity index (χ3n) is 4.37. The number of hydrogen-bond donors (Lipinski definition) is 3. The van der Waals surface area contributed by atoms with E-state index in [2.05, 4.69) is 25.7 Å². The Labute approximate surface area is 191 Å². The highest BCUT2D eigenvalue weighted by atomic mass is 32.2. The lowest BCUT2D eigenvalue weighted by molar-refractivity contribution is -0.121. The van der Waals surface area contributed by atoms with Gasteiger partial charge in [0.25, 0.3) is 5.91 Å². The molecule has 0 atom stereocenters. The number of nitrogens with zero attached hydrogens (tertiary/aromatic N) is 3. The second-order valence-electron chi connectivity index (χ2n) is 7.54. The lowest BCUT2D eigenvalue weighted by Crippen LogP contribution is -2.34. The zero-order chi connectivity index (χ0) is 23.8. The molecule has 3 N–H and O–H groups in total. The van der Waals surface area contributed by atoms with Gasteiger partial charge < -0.3 is 15.1 Å². The van der Waals surface area contributed by atoms with Gasteiger partial charge in [0.15, 0.2) is 5.76 Å². The Bertz CT molecular complexity index is 1190. The fourth-order valence-electron chi connectivity index (χ4n) is 2.86. The van der Waals surface area contributed by atoms with Crippen LogP contribution in [-0.4, -0.2) is 47.8 Å². The summed E-state index contributed by atoms with van der Waals surface area (Å²) in [5, 5.41) is 13.3. The molecule has 33 heavy (non-hydrogen) atoms. The van der Waals surface area contributed by atoms with Gasteiger partial charge in [-0.25, -0.2) is 17.8 Å². The van der Waals surface area contributed by atoms with Crippen LogP contribution >= 0.6 is 0 Å². The molecule has 12 heteroatoms. The number of rotatable bonds is 11. The Morgan fingerprint density at radius 1 is 1.12 bits per heavy atom. The summed E-state index contributed by atoms with van der Waals surface area (Å²) < 4.78 is 34.1. The molecule has 0 spiro atoms. The van der Waals surface area contributed by atoms with Crippen LogP contribution in [0.5, 0.6) is 0 Å². The van der Waals surface area contributed by atoms with Crippen LogP contribution in [0.25, 0.3) is 0 Å². The highest BCUT2D eigenvalue weighted by Crippen LogP contribution is 2.11. The third-order valence-corrected chi connectivity index (χ3v) is 5.79. The van der Waals surface area contributed by atoms with Crippen molar-refractivity contribution in [3.63, 3.8) is 0 Å². The van der Waals surface area contributed by atoms with Crippen LogP contribution < -0.4 is 15.4 Å². The average Bonchev–Trinajstić information content (AvgIpc) is 3.42. The molecular weight excluding hydrogens is 448 g/mol. The summed E-state index contributed by atoms with van der Waals surface area (Å²) in [6.07, 6.45) is 1.76. The molecule has 1 aromatic carbocycles. The van der Waals surface area contributed by atoms with E-state index in [-0.39, 0.29) is 48.7 Å². The molecule has 3 rings (SSSR count). The number of sulfonamides is 1. The number of hydrogen-bond acceptors (Lipinski definition) is 7. The van der Waals surface area contributed by atoms with Crippen LogP contribution in [0, 0.1) is 0 Å². The minimum atomic E-state index is -3.65. The van der Waals surface area contributed by atoms with Gasteiger partial charge in [0.1, 0.15) is 12.3 Å². The molecule has 2 aromatic heterocycles. The van der Waals surface area contributed by atoms with Gasteiger partial charge in [-0.3, -0.25) is 9.59 Å². The van der Waals surface area contributed by atoms with Crippen molar-refractivity contribution in [3.05, 3.63) is 65.9 Å². The first kappa shape index (κ1) is 24.1. The number of amides is 2. The van der Waals surface area contributed by atoms with Crippen LogP contribution in [0.15, 0.2) is 58.0 Å². The molecule has 2 heterocycles. The largest absolute Gasteiger partial charge is 0.454 e. The Balaban J connectivity index is 1.48. The monoisotopic (exact) mass is 474 g/mol. The van der Waals surface area contributed by atoms with Crippen LogP contribution in [0.4, 0.5) is 0 Å². The summed E-state index contributed by atoms with van der Waals surface area (Å²) in [6, 6.07) is 11.3. The van der Waals surface area contributed by atoms with Crippen molar-refractivity contribution in [1.82, 2.24) is 30.3 Å². The van der Waals surface area contributed by atoms with Gasteiger partial charge in [-0.2, -0.15) is 0 Å². The van der Waals surface area contributed by atoms with E-state index >= 15 is 0 Å². The van der Waals surface area contributed by atoms with Crippen molar-refractivity contribution < 1.29 is 22.4 Å². The summed E-state index contributed by atoms with van der Waals surface area (Å²) >= 11 is 0. The fraction of sp³-hybridized carbons (Fsp3) is 0.333. The summed E-state index contributed by atoms with van der Waals surface area (Å²) in [6.45, 7) is 4.11. The van der Waals surface area contributed by atoms with Crippen molar-refractivity contribution in [2.24, 2.45) is 0 Å².